The third kappa shape index (κ3) is 3.13. The van der Waals surface area contributed by atoms with E-state index in [1.54, 1.807) is 6.33 Å². The molecule has 0 saturated heterocycles. The average Bonchev–Trinajstić information content (AvgIpc) is 2.57. The van der Waals surface area contributed by atoms with Crippen molar-refractivity contribution < 1.29 is 0 Å². The first-order valence-corrected chi connectivity index (χ1v) is 7.46. The minimum Gasteiger partial charge on any atom is -0.372 e. The number of halogens is 1. The van der Waals surface area contributed by atoms with Gasteiger partial charge in [-0.05, 0) is 34.7 Å². The number of rotatable bonds is 3. The highest BCUT2D eigenvalue weighted by atomic mass is 79.9. The van der Waals surface area contributed by atoms with Crippen LogP contribution in [0.1, 0.15) is 39.0 Å². The monoisotopic (exact) mass is 312 g/mol. The second-order valence-electron chi connectivity index (χ2n) is 5.00. The molecule has 5 heteroatoms. The summed E-state index contributed by atoms with van der Waals surface area (Å²) in [7, 11) is 1.87. The molecule has 2 atom stereocenters. The molecule has 18 heavy (non-hydrogen) atoms. The lowest BCUT2D eigenvalue weighted by Gasteiger charge is -2.24. The maximum absolute atomic E-state index is 4.34. The van der Waals surface area contributed by atoms with E-state index in [0.29, 0.717) is 12.0 Å². The fourth-order valence-corrected chi connectivity index (χ4v) is 3.05. The van der Waals surface area contributed by atoms with Crippen molar-refractivity contribution in [1.82, 2.24) is 9.97 Å². The first-order chi connectivity index (χ1) is 8.72. The molecular weight excluding hydrogens is 292 g/mol. The Hall–Kier alpha value is -0.840. The van der Waals surface area contributed by atoms with Gasteiger partial charge >= 0.3 is 0 Å². The Morgan fingerprint density at radius 3 is 2.67 bits per heavy atom. The Bertz CT molecular complexity index is 397. The summed E-state index contributed by atoms with van der Waals surface area (Å²) >= 11 is 3.56. The van der Waals surface area contributed by atoms with E-state index >= 15 is 0 Å². The van der Waals surface area contributed by atoms with Crippen molar-refractivity contribution in [3.05, 3.63) is 10.8 Å². The van der Waals surface area contributed by atoms with Gasteiger partial charge in [-0.1, -0.05) is 26.2 Å². The Morgan fingerprint density at radius 1 is 1.17 bits per heavy atom. The number of anilines is 2. The summed E-state index contributed by atoms with van der Waals surface area (Å²) in [6.07, 6.45) is 8.15. The van der Waals surface area contributed by atoms with Gasteiger partial charge in [-0.2, -0.15) is 0 Å². The molecule has 0 radical (unpaired) electrons. The van der Waals surface area contributed by atoms with Crippen molar-refractivity contribution >= 4 is 27.6 Å². The molecule has 2 rings (SSSR count). The van der Waals surface area contributed by atoms with Crippen LogP contribution < -0.4 is 10.6 Å². The highest BCUT2D eigenvalue weighted by Crippen LogP contribution is 2.30. The molecule has 2 unspecified atom stereocenters. The molecule has 100 valence electrons. The molecule has 2 N–H and O–H groups in total. The van der Waals surface area contributed by atoms with E-state index in [0.717, 1.165) is 16.1 Å². The van der Waals surface area contributed by atoms with Crippen molar-refractivity contribution in [2.75, 3.05) is 17.7 Å². The van der Waals surface area contributed by atoms with Crippen molar-refractivity contribution in [3.8, 4) is 0 Å². The number of nitrogens with zero attached hydrogens (tertiary/aromatic N) is 2. The lowest BCUT2D eigenvalue weighted by molar-refractivity contribution is 0.455. The second-order valence-corrected chi connectivity index (χ2v) is 5.79. The van der Waals surface area contributed by atoms with E-state index in [1.807, 2.05) is 7.05 Å². The van der Waals surface area contributed by atoms with Gasteiger partial charge in [0.2, 0.25) is 0 Å². The molecule has 1 aliphatic carbocycles. The van der Waals surface area contributed by atoms with E-state index in [9.17, 15) is 0 Å². The Balaban J connectivity index is 2.12. The number of hydrogen-bond donors (Lipinski definition) is 2. The summed E-state index contributed by atoms with van der Waals surface area (Å²) in [6.45, 7) is 2.33. The quantitative estimate of drug-likeness (QED) is 0.836. The van der Waals surface area contributed by atoms with Gasteiger partial charge in [0.25, 0.3) is 0 Å². The summed E-state index contributed by atoms with van der Waals surface area (Å²) in [5, 5.41) is 6.63. The summed E-state index contributed by atoms with van der Waals surface area (Å²) in [6, 6.07) is 0.517. The maximum atomic E-state index is 4.34. The fraction of sp³-hybridized carbons (Fsp3) is 0.692. The molecule has 0 aliphatic heterocycles. The van der Waals surface area contributed by atoms with Crippen LogP contribution in [0.15, 0.2) is 10.8 Å². The van der Waals surface area contributed by atoms with E-state index < -0.39 is 0 Å². The SMILES string of the molecule is CNc1ncnc(NC2CCCCCC2C)c1Br. The van der Waals surface area contributed by atoms with Crippen LogP contribution in [0.25, 0.3) is 0 Å². The molecule has 4 nitrogen and oxygen atoms in total. The second kappa shape index (κ2) is 6.36. The van der Waals surface area contributed by atoms with Crippen LogP contribution in [0.2, 0.25) is 0 Å². The fourth-order valence-electron chi connectivity index (χ4n) is 2.53. The van der Waals surface area contributed by atoms with Gasteiger partial charge in [-0.3, -0.25) is 0 Å². The molecule has 1 aromatic heterocycles. The molecule has 1 saturated carbocycles. The minimum atomic E-state index is 0.517. The van der Waals surface area contributed by atoms with Crippen LogP contribution in [0.3, 0.4) is 0 Å². The lowest BCUT2D eigenvalue weighted by Crippen LogP contribution is -2.27. The third-order valence-electron chi connectivity index (χ3n) is 3.71. The Morgan fingerprint density at radius 2 is 1.89 bits per heavy atom. The molecule has 1 aliphatic rings. The average molecular weight is 313 g/mol. The van der Waals surface area contributed by atoms with Gasteiger partial charge in [0.15, 0.2) is 0 Å². The molecule has 1 aromatic rings. The van der Waals surface area contributed by atoms with Gasteiger partial charge in [0.1, 0.15) is 22.4 Å². The molecule has 0 bridgehead atoms. The maximum Gasteiger partial charge on any atom is 0.146 e. The highest BCUT2D eigenvalue weighted by molar-refractivity contribution is 9.10. The lowest BCUT2D eigenvalue weighted by atomic mass is 9.97. The van der Waals surface area contributed by atoms with Gasteiger partial charge in [-0.15, -0.1) is 0 Å². The van der Waals surface area contributed by atoms with Crippen molar-refractivity contribution in [1.29, 1.82) is 0 Å². The van der Waals surface area contributed by atoms with E-state index in [2.05, 4.69) is 43.5 Å². The van der Waals surface area contributed by atoms with Gasteiger partial charge in [0, 0.05) is 13.1 Å². The van der Waals surface area contributed by atoms with E-state index in [1.165, 1.54) is 32.1 Å². The predicted octanol–water partition coefficient (Wildman–Crippen LogP) is 3.66. The molecular formula is C13H21BrN4. The standard InChI is InChI=1S/C13H21BrN4/c1-9-6-4-3-5-7-10(9)18-13-11(14)12(15-2)16-8-17-13/h8-10H,3-7H2,1-2H3,(H2,15,16,17,18). The minimum absolute atomic E-state index is 0.517. The summed E-state index contributed by atoms with van der Waals surface area (Å²) in [5.41, 5.74) is 0. The molecule has 1 heterocycles. The zero-order valence-electron chi connectivity index (χ0n) is 11.0. The zero-order chi connectivity index (χ0) is 13.0. The van der Waals surface area contributed by atoms with Gasteiger partial charge in [-0.25, -0.2) is 9.97 Å². The Labute approximate surface area is 117 Å². The van der Waals surface area contributed by atoms with E-state index in [-0.39, 0.29) is 0 Å². The molecule has 1 fully saturated rings. The van der Waals surface area contributed by atoms with Crippen LogP contribution in [0, 0.1) is 5.92 Å². The summed E-state index contributed by atoms with van der Waals surface area (Å²) in [5.74, 6) is 2.43. The van der Waals surface area contributed by atoms with E-state index in [4.69, 9.17) is 0 Å². The van der Waals surface area contributed by atoms with Crippen LogP contribution in [-0.4, -0.2) is 23.1 Å². The molecule has 0 aromatic carbocycles. The number of aromatic nitrogens is 2. The van der Waals surface area contributed by atoms with Gasteiger partial charge in [0.05, 0.1) is 0 Å². The molecule has 0 spiro atoms. The van der Waals surface area contributed by atoms with Crippen LogP contribution in [0.4, 0.5) is 11.6 Å². The van der Waals surface area contributed by atoms with Crippen molar-refractivity contribution in [2.45, 2.75) is 45.1 Å². The zero-order valence-corrected chi connectivity index (χ0v) is 12.6. The first kappa shape index (κ1) is 13.6. The van der Waals surface area contributed by atoms with Gasteiger partial charge < -0.3 is 10.6 Å². The van der Waals surface area contributed by atoms with Crippen molar-refractivity contribution in [3.63, 3.8) is 0 Å². The third-order valence-corrected chi connectivity index (χ3v) is 4.46. The van der Waals surface area contributed by atoms with Crippen LogP contribution >= 0.6 is 15.9 Å². The van der Waals surface area contributed by atoms with Crippen molar-refractivity contribution in [2.24, 2.45) is 5.92 Å². The highest BCUT2D eigenvalue weighted by Gasteiger charge is 2.21. The predicted molar refractivity (Wildman–Crippen MR) is 78.9 cm³/mol. The molecule has 0 amide bonds. The summed E-state index contributed by atoms with van der Waals surface area (Å²) < 4.78 is 0.920. The first-order valence-electron chi connectivity index (χ1n) is 6.67. The van der Waals surface area contributed by atoms with Crippen LogP contribution in [-0.2, 0) is 0 Å². The topological polar surface area (TPSA) is 49.8 Å². The summed E-state index contributed by atoms with van der Waals surface area (Å²) in [4.78, 5) is 8.52. The Kier molecular flexibility index (Phi) is 4.80. The largest absolute Gasteiger partial charge is 0.372 e. The number of hydrogen-bond acceptors (Lipinski definition) is 4. The van der Waals surface area contributed by atoms with Crippen LogP contribution in [0.5, 0.6) is 0 Å². The smallest absolute Gasteiger partial charge is 0.146 e. The normalized spacial score (nSPS) is 24.4. The number of nitrogens with one attached hydrogen (secondary N) is 2.